The predicted octanol–water partition coefficient (Wildman–Crippen LogP) is 5.17. The van der Waals surface area contributed by atoms with Crippen LogP contribution in [0.3, 0.4) is 0 Å². The molecule has 2 aromatic carbocycles. The van der Waals surface area contributed by atoms with Crippen LogP contribution >= 0.6 is 0 Å². The van der Waals surface area contributed by atoms with Gasteiger partial charge in [0.2, 0.25) is 23.1 Å². The van der Waals surface area contributed by atoms with Gasteiger partial charge in [0, 0.05) is 50.4 Å². The molecule has 0 aliphatic heterocycles. The van der Waals surface area contributed by atoms with Crippen molar-refractivity contribution in [3.63, 3.8) is 0 Å². The van der Waals surface area contributed by atoms with Gasteiger partial charge in [0.05, 0.1) is 0 Å². The molecule has 34 heavy (non-hydrogen) atoms. The van der Waals surface area contributed by atoms with Crippen LogP contribution in [0.25, 0.3) is 0 Å². The molecule has 2 aliphatic carbocycles. The van der Waals surface area contributed by atoms with E-state index in [0.29, 0.717) is 39.3 Å². The lowest BCUT2D eigenvalue weighted by molar-refractivity contribution is -0.201. The normalized spacial score (nSPS) is 17.9. The van der Waals surface area contributed by atoms with Crippen molar-refractivity contribution < 1.29 is 28.5 Å². The molecule has 184 valence electrons. The number of hydrogen-bond donors (Lipinski definition) is 0. The maximum absolute atomic E-state index is 12.5. The van der Waals surface area contributed by atoms with Gasteiger partial charge in [-0.3, -0.25) is 9.59 Å². The Kier molecular flexibility index (Phi) is 9.14. The van der Waals surface area contributed by atoms with Crippen LogP contribution < -0.4 is 0 Å². The smallest absolute Gasteiger partial charge is 0.234 e. The SMILES string of the molecule is CCOC1(OCC)CCc2ccccc2C1=O.CCOC1(OCC)CCc2ccccc2C1=O. The number of ketones is 2. The molecule has 6 nitrogen and oxygen atoms in total. The van der Waals surface area contributed by atoms with Crippen molar-refractivity contribution in [2.24, 2.45) is 0 Å². The molecule has 0 fully saturated rings. The number of carbonyl (C=O) groups excluding carboxylic acids is 2. The Bertz CT molecular complexity index is 891. The van der Waals surface area contributed by atoms with E-state index in [1.165, 1.54) is 0 Å². The van der Waals surface area contributed by atoms with Crippen LogP contribution in [0, 0.1) is 0 Å². The number of carbonyl (C=O) groups is 2. The summed E-state index contributed by atoms with van der Waals surface area (Å²) in [4.78, 5) is 24.9. The van der Waals surface area contributed by atoms with Gasteiger partial charge >= 0.3 is 0 Å². The van der Waals surface area contributed by atoms with Crippen LogP contribution in [-0.4, -0.2) is 49.6 Å². The number of Topliss-reactive ketones (excluding diaryl/α,β-unsaturated/α-hetero) is 2. The van der Waals surface area contributed by atoms with Gasteiger partial charge in [0.1, 0.15) is 0 Å². The van der Waals surface area contributed by atoms with E-state index < -0.39 is 11.6 Å². The fourth-order valence-electron chi connectivity index (χ4n) is 4.72. The molecule has 0 amide bonds. The largest absolute Gasteiger partial charge is 0.344 e. The summed E-state index contributed by atoms with van der Waals surface area (Å²) in [6, 6.07) is 15.4. The Morgan fingerprint density at radius 1 is 0.588 bits per heavy atom. The van der Waals surface area contributed by atoms with Crippen molar-refractivity contribution in [1.29, 1.82) is 0 Å². The van der Waals surface area contributed by atoms with Gasteiger partial charge in [-0.2, -0.15) is 0 Å². The summed E-state index contributed by atoms with van der Waals surface area (Å²) in [5.41, 5.74) is 3.65. The first-order chi connectivity index (χ1) is 16.5. The monoisotopic (exact) mass is 468 g/mol. The number of hydrogen-bond acceptors (Lipinski definition) is 6. The average Bonchev–Trinajstić information content (AvgIpc) is 2.85. The molecule has 0 aromatic heterocycles. The highest BCUT2D eigenvalue weighted by molar-refractivity contribution is 6.04. The lowest BCUT2D eigenvalue weighted by Gasteiger charge is -2.35. The summed E-state index contributed by atoms with van der Waals surface area (Å²) in [7, 11) is 0. The standard InChI is InChI=1S/2C14H18O3/c2*1-3-16-14(17-4-2)10-9-11-7-5-6-8-12(11)13(14)15/h2*5-8H,3-4,9-10H2,1-2H3. The number of aryl methyl sites for hydroxylation is 2. The van der Waals surface area contributed by atoms with Crippen LogP contribution in [0.4, 0.5) is 0 Å². The Morgan fingerprint density at radius 3 is 1.24 bits per heavy atom. The predicted molar refractivity (Wildman–Crippen MR) is 130 cm³/mol. The Morgan fingerprint density at radius 2 is 0.912 bits per heavy atom. The maximum Gasteiger partial charge on any atom is 0.234 e. The zero-order valence-corrected chi connectivity index (χ0v) is 20.7. The third-order valence-corrected chi connectivity index (χ3v) is 6.17. The van der Waals surface area contributed by atoms with Crippen LogP contribution in [0.2, 0.25) is 0 Å². The second-order valence-corrected chi connectivity index (χ2v) is 8.21. The molecule has 0 radical (unpaired) electrons. The molecule has 4 rings (SSSR count). The van der Waals surface area contributed by atoms with E-state index in [-0.39, 0.29) is 11.6 Å². The van der Waals surface area contributed by atoms with Gasteiger partial charge < -0.3 is 18.9 Å². The van der Waals surface area contributed by atoms with E-state index >= 15 is 0 Å². The Labute approximate surface area is 202 Å². The van der Waals surface area contributed by atoms with Gasteiger partial charge in [0.15, 0.2) is 0 Å². The number of rotatable bonds is 8. The van der Waals surface area contributed by atoms with Crippen LogP contribution in [0.15, 0.2) is 48.5 Å². The summed E-state index contributed by atoms with van der Waals surface area (Å²) >= 11 is 0. The summed E-state index contributed by atoms with van der Waals surface area (Å²) in [6.45, 7) is 9.45. The molecule has 0 heterocycles. The van der Waals surface area contributed by atoms with Crippen molar-refractivity contribution >= 4 is 11.6 Å². The fourth-order valence-corrected chi connectivity index (χ4v) is 4.72. The Balaban J connectivity index is 0.000000191. The van der Waals surface area contributed by atoms with E-state index in [4.69, 9.17) is 18.9 Å². The molecule has 2 aromatic rings. The van der Waals surface area contributed by atoms with Crippen LogP contribution in [0.5, 0.6) is 0 Å². The molecule has 2 aliphatic rings. The molecule has 6 heteroatoms. The highest BCUT2D eigenvalue weighted by atomic mass is 16.7. The summed E-state index contributed by atoms with van der Waals surface area (Å²) in [5, 5.41) is 0. The minimum Gasteiger partial charge on any atom is -0.344 e. The third-order valence-electron chi connectivity index (χ3n) is 6.17. The molecular weight excluding hydrogens is 432 g/mol. The van der Waals surface area contributed by atoms with Crippen molar-refractivity contribution in [3.8, 4) is 0 Å². The lowest BCUT2D eigenvalue weighted by Crippen LogP contribution is -2.47. The number of fused-ring (bicyclic) bond motifs is 2. The number of ether oxygens (including phenoxy) is 4. The van der Waals surface area contributed by atoms with Gasteiger partial charge in [0.25, 0.3) is 0 Å². The van der Waals surface area contributed by atoms with Crippen molar-refractivity contribution in [2.45, 2.75) is 65.0 Å². The first kappa shape index (κ1) is 26.2. The van der Waals surface area contributed by atoms with Gasteiger partial charge in [-0.25, -0.2) is 0 Å². The molecular formula is C28H36O6. The molecule has 0 bridgehead atoms. The van der Waals surface area contributed by atoms with E-state index in [9.17, 15) is 9.59 Å². The van der Waals surface area contributed by atoms with Crippen molar-refractivity contribution in [2.75, 3.05) is 26.4 Å². The zero-order chi connectivity index (χ0) is 24.6. The molecule has 0 saturated carbocycles. The van der Waals surface area contributed by atoms with Gasteiger partial charge in [-0.1, -0.05) is 48.5 Å². The van der Waals surface area contributed by atoms with Gasteiger partial charge in [-0.15, -0.1) is 0 Å². The van der Waals surface area contributed by atoms with E-state index in [2.05, 4.69) is 0 Å². The second kappa shape index (κ2) is 11.8. The minimum absolute atomic E-state index is 0.0388. The quantitative estimate of drug-likeness (QED) is 0.498. The second-order valence-electron chi connectivity index (χ2n) is 8.21. The lowest BCUT2D eigenvalue weighted by atomic mass is 9.86. The highest BCUT2D eigenvalue weighted by Gasteiger charge is 2.45. The fraction of sp³-hybridized carbons (Fsp3) is 0.500. The molecule has 0 saturated heterocycles. The minimum atomic E-state index is -1.06. The summed E-state index contributed by atoms with van der Waals surface area (Å²) in [6.07, 6.45) is 2.85. The molecule has 0 N–H and O–H groups in total. The van der Waals surface area contributed by atoms with Crippen LogP contribution in [0.1, 0.15) is 72.4 Å². The van der Waals surface area contributed by atoms with E-state index in [1.54, 1.807) is 0 Å². The van der Waals surface area contributed by atoms with E-state index in [0.717, 1.165) is 35.1 Å². The highest BCUT2D eigenvalue weighted by Crippen LogP contribution is 2.33. The molecule has 0 unspecified atom stereocenters. The topological polar surface area (TPSA) is 71.1 Å². The van der Waals surface area contributed by atoms with Crippen molar-refractivity contribution in [3.05, 3.63) is 70.8 Å². The Hall–Kier alpha value is -2.38. The molecule has 0 atom stereocenters. The summed E-state index contributed by atoms with van der Waals surface area (Å²) < 4.78 is 22.4. The number of benzene rings is 2. The first-order valence-electron chi connectivity index (χ1n) is 12.3. The van der Waals surface area contributed by atoms with Crippen molar-refractivity contribution in [1.82, 2.24) is 0 Å². The maximum atomic E-state index is 12.5. The molecule has 0 spiro atoms. The van der Waals surface area contributed by atoms with Crippen LogP contribution in [-0.2, 0) is 31.8 Å². The average molecular weight is 469 g/mol. The van der Waals surface area contributed by atoms with E-state index in [1.807, 2.05) is 76.2 Å². The zero-order valence-electron chi connectivity index (χ0n) is 20.7. The van der Waals surface area contributed by atoms with Gasteiger partial charge in [-0.05, 0) is 51.7 Å². The summed E-state index contributed by atoms with van der Waals surface area (Å²) in [5.74, 6) is -2.19. The first-order valence-corrected chi connectivity index (χ1v) is 12.3. The third kappa shape index (κ3) is 5.31.